The van der Waals surface area contributed by atoms with E-state index < -0.39 is 10.0 Å². The molecule has 0 radical (unpaired) electrons. The molecule has 1 aliphatic heterocycles. The lowest BCUT2D eigenvalue weighted by molar-refractivity contribution is 0.353. The topological polar surface area (TPSA) is 81.9 Å². The zero-order valence-electron chi connectivity index (χ0n) is 16.3. The monoisotopic (exact) mass is 426 g/mol. The summed E-state index contributed by atoms with van der Waals surface area (Å²) in [6, 6.07) is 13.2. The van der Waals surface area contributed by atoms with Crippen molar-refractivity contribution in [2.24, 2.45) is 11.7 Å². The van der Waals surface area contributed by atoms with E-state index in [4.69, 9.17) is 15.2 Å². The van der Waals surface area contributed by atoms with Crippen molar-refractivity contribution in [3.63, 3.8) is 0 Å². The van der Waals surface area contributed by atoms with Crippen molar-refractivity contribution in [2.45, 2.75) is 17.7 Å². The Labute approximate surface area is 173 Å². The van der Waals surface area contributed by atoms with Gasteiger partial charge >= 0.3 is 0 Å². The number of aryl methyl sites for hydroxylation is 1. The molecule has 1 saturated heterocycles. The molecule has 2 aromatic rings. The zero-order chi connectivity index (χ0) is 19.6. The van der Waals surface area contributed by atoms with Crippen LogP contribution in [-0.2, 0) is 10.0 Å². The predicted octanol–water partition coefficient (Wildman–Crippen LogP) is 2.80. The number of halogens is 1. The number of rotatable bonds is 6. The number of ether oxygens (including phenoxy) is 2. The minimum Gasteiger partial charge on any atom is -0.493 e. The Morgan fingerprint density at radius 1 is 1.07 bits per heavy atom. The highest BCUT2D eigenvalue weighted by atomic mass is 35.5. The molecule has 0 bridgehead atoms. The van der Waals surface area contributed by atoms with Crippen molar-refractivity contribution in [2.75, 3.05) is 33.9 Å². The van der Waals surface area contributed by atoms with E-state index in [1.165, 1.54) is 24.6 Å². The first-order valence-corrected chi connectivity index (χ1v) is 10.3. The van der Waals surface area contributed by atoms with Gasteiger partial charge in [0.1, 0.15) is 0 Å². The molecular formula is C20H27ClN2O4S. The third-order valence-corrected chi connectivity index (χ3v) is 7.21. The van der Waals surface area contributed by atoms with Crippen LogP contribution in [0.15, 0.2) is 47.4 Å². The number of benzene rings is 2. The number of sulfonamides is 1. The summed E-state index contributed by atoms with van der Waals surface area (Å²) in [4.78, 5) is 0.240. The summed E-state index contributed by atoms with van der Waals surface area (Å²) >= 11 is 0. The highest BCUT2D eigenvalue weighted by Gasteiger charge is 2.40. The second kappa shape index (κ2) is 9.13. The number of nitrogens with two attached hydrogens (primary N) is 1. The molecule has 1 aliphatic rings. The standard InChI is InChI=1S/C20H26N2O4S.ClH/c1-14-9-18(25-2)19(26-3)10-20(14)27(23,24)22-12-16(11-21)17(13-22)15-7-5-4-6-8-15;/h4-10,16-17H,11-13,21H2,1-3H3;1H/t16-,17+;/m1./s1. The normalized spacial score (nSPS) is 19.9. The second-order valence-electron chi connectivity index (χ2n) is 6.81. The van der Waals surface area contributed by atoms with Gasteiger partial charge in [-0.3, -0.25) is 0 Å². The van der Waals surface area contributed by atoms with Crippen LogP contribution in [0.5, 0.6) is 11.5 Å². The van der Waals surface area contributed by atoms with Gasteiger partial charge < -0.3 is 15.2 Å². The van der Waals surface area contributed by atoms with Gasteiger partial charge in [0.25, 0.3) is 0 Å². The van der Waals surface area contributed by atoms with E-state index in [1.807, 2.05) is 30.3 Å². The van der Waals surface area contributed by atoms with Gasteiger partial charge in [-0.25, -0.2) is 8.42 Å². The minimum atomic E-state index is -3.67. The Morgan fingerprint density at radius 3 is 2.25 bits per heavy atom. The quantitative estimate of drug-likeness (QED) is 0.768. The maximum atomic E-state index is 13.4. The van der Waals surface area contributed by atoms with Crippen LogP contribution >= 0.6 is 12.4 Å². The molecule has 8 heteroatoms. The van der Waals surface area contributed by atoms with Gasteiger partial charge in [0.05, 0.1) is 19.1 Å². The summed E-state index contributed by atoms with van der Waals surface area (Å²) in [7, 11) is -0.643. The molecule has 1 heterocycles. The maximum Gasteiger partial charge on any atom is 0.243 e. The highest BCUT2D eigenvalue weighted by molar-refractivity contribution is 7.89. The molecule has 154 valence electrons. The molecule has 2 atom stereocenters. The first-order chi connectivity index (χ1) is 12.9. The van der Waals surface area contributed by atoms with E-state index in [9.17, 15) is 8.42 Å². The molecule has 2 aromatic carbocycles. The third-order valence-electron chi connectivity index (χ3n) is 5.24. The summed E-state index contributed by atoms with van der Waals surface area (Å²) in [6.07, 6.45) is 0. The Hall–Kier alpha value is -1.80. The predicted molar refractivity (Wildman–Crippen MR) is 112 cm³/mol. The summed E-state index contributed by atoms with van der Waals surface area (Å²) in [5, 5.41) is 0. The number of hydrogen-bond donors (Lipinski definition) is 1. The molecule has 2 N–H and O–H groups in total. The molecule has 0 spiro atoms. The first kappa shape index (κ1) is 22.5. The number of methoxy groups -OCH3 is 2. The number of nitrogens with zero attached hydrogens (tertiary/aromatic N) is 1. The summed E-state index contributed by atoms with van der Waals surface area (Å²) in [6.45, 7) is 3.03. The van der Waals surface area contributed by atoms with Crippen LogP contribution in [0.2, 0.25) is 0 Å². The van der Waals surface area contributed by atoms with Crippen molar-refractivity contribution in [3.05, 3.63) is 53.6 Å². The SMILES string of the molecule is COc1cc(C)c(S(=O)(=O)N2C[C@@H](CN)[C@H](c3ccccc3)C2)cc1OC.Cl. The Morgan fingerprint density at radius 2 is 1.68 bits per heavy atom. The van der Waals surface area contributed by atoms with Gasteiger partial charge in [0.15, 0.2) is 11.5 Å². The van der Waals surface area contributed by atoms with Crippen molar-refractivity contribution in [1.82, 2.24) is 4.31 Å². The summed E-state index contributed by atoms with van der Waals surface area (Å²) in [5.41, 5.74) is 7.71. The average molecular weight is 427 g/mol. The van der Waals surface area contributed by atoms with Gasteiger partial charge in [-0.05, 0) is 36.6 Å². The van der Waals surface area contributed by atoms with Crippen LogP contribution in [0.1, 0.15) is 17.0 Å². The van der Waals surface area contributed by atoms with E-state index in [0.29, 0.717) is 36.7 Å². The summed E-state index contributed by atoms with van der Waals surface area (Å²) < 4.78 is 38.8. The maximum absolute atomic E-state index is 13.4. The molecule has 1 fully saturated rings. The van der Waals surface area contributed by atoms with Crippen LogP contribution in [-0.4, -0.2) is 46.6 Å². The Kier molecular flexibility index (Phi) is 7.33. The fraction of sp³-hybridized carbons (Fsp3) is 0.400. The highest BCUT2D eigenvalue weighted by Crippen LogP contribution is 2.38. The smallest absolute Gasteiger partial charge is 0.243 e. The van der Waals surface area contributed by atoms with Crippen molar-refractivity contribution in [3.8, 4) is 11.5 Å². The van der Waals surface area contributed by atoms with E-state index >= 15 is 0 Å². The molecule has 0 saturated carbocycles. The van der Waals surface area contributed by atoms with Gasteiger partial charge in [0, 0.05) is 25.1 Å². The molecule has 0 amide bonds. The first-order valence-electron chi connectivity index (χ1n) is 8.90. The lowest BCUT2D eigenvalue weighted by Gasteiger charge is -2.19. The van der Waals surface area contributed by atoms with Gasteiger partial charge in [-0.15, -0.1) is 12.4 Å². The van der Waals surface area contributed by atoms with Crippen molar-refractivity contribution < 1.29 is 17.9 Å². The Bertz CT molecular complexity index is 906. The molecular weight excluding hydrogens is 400 g/mol. The lowest BCUT2D eigenvalue weighted by Crippen LogP contribution is -2.30. The van der Waals surface area contributed by atoms with Gasteiger partial charge in [-0.2, -0.15) is 4.31 Å². The van der Waals surface area contributed by atoms with E-state index in [0.717, 1.165) is 5.56 Å². The van der Waals surface area contributed by atoms with E-state index in [2.05, 4.69) is 0 Å². The lowest BCUT2D eigenvalue weighted by atomic mass is 9.89. The van der Waals surface area contributed by atoms with Crippen LogP contribution in [0.3, 0.4) is 0 Å². The zero-order valence-corrected chi connectivity index (χ0v) is 17.9. The molecule has 0 aliphatic carbocycles. The van der Waals surface area contributed by atoms with Gasteiger partial charge in [0.2, 0.25) is 10.0 Å². The van der Waals surface area contributed by atoms with E-state index in [-0.39, 0.29) is 29.1 Å². The number of hydrogen-bond acceptors (Lipinski definition) is 5. The average Bonchev–Trinajstić information content (AvgIpc) is 3.13. The fourth-order valence-electron chi connectivity index (χ4n) is 3.72. The third kappa shape index (κ3) is 4.12. The molecule has 6 nitrogen and oxygen atoms in total. The van der Waals surface area contributed by atoms with Crippen LogP contribution in [0.25, 0.3) is 0 Å². The van der Waals surface area contributed by atoms with Crippen molar-refractivity contribution >= 4 is 22.4 Å². The molecule has 0 aromatic heterocycles. The Balaban J connectivity index is 0.00000280. The molecule has 3 rings (SSSR count). The van der Waals surface area contributed by atoms with E-state index in [1.54, 1.807) is 13.0 Å². The van der Waals surface area contributed by atoms with Crippen LogP contribution in [0, 0.1) is 12.8 Å². The fourth-order valence-corrected chi connectivity index (χ4v) is 5.47. The molecule has 0 unspecified atom stereocenters. The van der Waals surface area contributed by atoms with Gasteiger partial charge in [-0.1, -0.05) is 30.3 Å². The van der Waals surface area contributed by atoms with Crippen molar-refractivity contribution in [1.29, 1.82) is 0 Å². The second-order valence-corrected chi connectivity index (χ2v) is 8.71. The van der Waals surface area contributed by atoms with Crippen LogP contribution < -0.4 is 15.2 Å². The molecule has 28 heavy (non-hydrogen) atoms. The largest absolute Gasteiger partial charge is 0.493 e. The van der Waals surface area contributed by atoms with Crippen LogP contribution in [0.4, 0.5) is 0 Å². The summed E-state index contributed by atoms with van der Waals surface area (Å²) in [5.74, 6) is 1.09. The minimum absolute atomic E-state index is 0.